The van der Waals surface area contributed by atoms with Crippen LogP contribution in [-0.4, -0.2) is 30.9 Å². The van der Waals surface area contributed by atoms with Gasteiger partial charge in [-0.3, -0.25) is 5.01 Å². The summed E-state index contributed by atoms with van der Waals surface area (Å²) in [5.41, 5.74) is 3.53. The van der Waals surface area contributed by atoms with Gasteiger partial charge in [0.1, 0.15) is 6.73 Å². The zero-order valence-electron chi connectivity index (χ0n) is 8.57. The monoisotopic (exact) mass is 241 g/mol. The number of benzene rings is 1. The third kappa shape index (κ3) is 2.85. The molecule has 1 aliphatic heterocycles. The molecule has 1 aromatic carbocycles. The van der Waals surface area contributed by atoms with E-state index >= 15 is 0 Å². The maximum atomic E-state index is 11.7. The van der Waals surface area contributed by atoms with Crippen molar-refractivity contribution in [2.45, 2.75) is 0 Å². The van der Waals surface area contributed by atoms with E-state index < -0.39 is 0 Å². The minimum atomic E-state index is -0.203. The van der Waals surface area contributed by atoms with Crippen LogP contribution in [0.25, 0.3) is 0 Å². The number of ether oxygens (including phenoxy) is 1. The number of hydrogen-bond acceptors (Lipinski definition) is 3. The molecule has 0 radical (unpaired) electrons. The van der Waals surface area contributed by atoms with Gasteiger partial charge in [0, 0.05) is 10.7 Å². The van der Waals surface area contributed by atoms with Gasteiger partial charge in [-0.2, -0.15) is 0 Å². The molecule has 1 aromatic rings. The number of nitrogens with one attached hydrogen (secondary N) is 2. The number of hydrazine groups is 1. The molecule has 0 aromatic heterocycles. The summed E-state index contributed by atoms with van der Waals surface area (Å²) in [5.74, 6) is 0. The number of anilines is 1. The van der Waals surface area contributed by atoms with Gasteiger partial charge in [0.2, 0.25) is 0 Å². The lowest BCUT2D eigenvalue weighted by atomic mass is 10.3. The first-order valence-corrected chi connectivity index (χ1v) is 5.29. The van der Waals surface area contributed by atoms with Crippen LogP contribution in [0.2, 0.25) is 5.02 Å². The van der Waals surface area contributed by atoms with E-state index in [9.17, 15) is 4.79 Å². The lowest BCUT2D eigenvalue weighted by molar-refractivity contribution is 0.00550. The van der Waals surface area contributed by atoms with Crippen LogP contribution in [0.5, 0.6) is 0 Å². The highest BCUT2D eigenvalue weighted by molar-refractivity contribution is 6.30. The van der Waals surface area contributed by atoms with Crippen molar-refractivity contribution in [1.82, 2.24) is 10.4 Å². The minimum absolute atomic E-state index is 0.203. The van der Waals surface area contributed by atoms with Crippen molar-refractivity contribution < 1.29 is 9.53 Å². The Morgan fingerprint density at radius 1 is 1.44 bits per heavy atom. The number of carbonyl (C=O) groups is 1. The largest absolute Gasteiger partial charge is 0.363 e. The molecule has 5 nitrogen and oxygen atoms in total. The summed E-state index contributed by atoms with van der Waals surface area (Å²) < 4.78 is 5.07. The van der Waals surface area contributed by atoms with Crippen molar-refractivity contribution in [3.63, 3.8) is 0 Å². The smallest absolute Gasteiger partial charge is 0.336 e. The van der Waals surface area contributed by atoms with Crippen LogP contribution in [0, 0.1) is 0 Å². The summed E-state index contributed by atoms with van der Waals surface area (Å²) in [7, 11) is 0. The Morgan fingerprint density at radius 2 is 2.19 bits per heavy atom. The fourth-order valence-electron chi connectivity index (χ4n) is 1.33. The summed E-state index contributed by atoms with van der Waals surface area (Å²) >= 11 is 5.74. The van der Waals surface area contributed by atoms with E-state index in [0.717, 1.165) is 0 Å². The summed E-state index contributed by atoms with van der Waals surface area (Å²) in [6.45, 7) is 1.43. The second-order valence-corrected chi connectivity index (χ2v) is 3.74. The van der Waals surface area contributed by atoms with Crippen molar-refractivity contribution in [2.24, 2.45) is 0 Å². The van der Waals surface area contributed by atoms with Gasteiger partial charge in [0.15, 0.2) is 0 Å². The normalized spacial score (nSPS) is 15.9. The summed E-state index contributed by atoms with van der Waals surface area (Å²) in [4.78, 5) is 11.7. The molecule has 0 saturated carbocycles. The van der Waals surface area contributed by atoms with Crippen LogP contribution in [0.4, 0.5) is 10.5 Å². The van der Waals surface area contributed by atoms with Gasteiger partial charge in [-0.05, 0) is 24.3 Å². The Balaban J connectivity index is 1.93. The quantitative estimate of drug-likeness (QED) is 0.786. The molecular weight excluding hydrogens is 230 g/mol. The van der Waals surface area contributed by atoms with Crippen LogP contribution in [0.15, 0.2) is 24.3 Å². The van der Waals surface area contributed by atoms with Crippen molar-refractivity contribution in [1.29, 1.82) is 0 Å². The number of urea groups is 1. The van der Waals surface area contributed by atoms with Gasteiger partial charge in [-0.15, -0.1) is 0 Å². The van der Waals surface area contributed by atoms with Crippen LogP contribution < -0.4 is 10.7 Å². The van der Waals surface area contributed by atoms with Gasteiger partial charge in [-0.25, -0.2) is 10.2 Å². The standard InChI is InChI=1S/C10H12ClN3O2/c11-8-1-3-9(4-2-8)13-10(15)14-5-6-16-7-12-14/h1-4,12H,5-7H2,(H,13,15). The molecule has 1 aliphatic rings. The van der Waals surface area contributed by atoms with Crippen molar-refractivity contribution >= 4 is 23.3 Å². The molecule has 2 amide bonds. The maximum Gasteiger partial charge on any atom is 0.336 e. The third-order valence-corrected chi connectivity index (χ3v) is 2.41. The SMILES string of the molecule is O=C(Nc1ccc(Cl)cc1)N1CCOCN1. The van der Waals surface area contributed by atoms with Crippen LogP contribution in [0.3, 0.4) is 0 Å². The summed E-state index contributed by atoms with van der Waals surface area (Å²) in [6.07, 6.45) is 0. The van der Waals surface area contributed by atoms with Crippen LogP contribution in [-0.2, 0) is 4.74 Å². The first-order valence-electron chi connectivity index (χ1n) is 4.91. The fourth-order valence-corrected chi connectivity index (χ4v) is 1.45. The Bertz CT molecular complexity index is 363. The molecule has 1 heterocycles. The lowest BCUT2D eigenvalue weighted by Crippen LogP contribution is -2.51. The zero-order valence-corrected chi connectivity index (χ0v) is 9.33. The zero-order chi connectivity index (χ0) is 11.4. The fraction of sp³-hybridized carbons (Fsp3) is 0.300. The number of carbonyl (C=O) groups excluding carboxylic acids is 1. The van der Waals surface area contributed by atoms with Crippen molar-refractivity contribution in [3.8, 4) is 0 Å². The van der Waals surface area contributed by atoms with E-state index in [0.29, 0.717) is 30.6 Å². The summed E-state index contributed by atoms with van der Waals surface area (Å²) in [5, 5.41) is 4.87. The molecule has 0 unspecified atom stereocenters. The molecule has 0 aliphatic carbocycles. The number of hydrogen-bond donors (Lipinski definition) is 2. The van der Waals surface area contributed by atoms with Gasteiger partial charge < -0.3 is 10.1 Å². The maximum absolute atomic E-state index is 11.7. The summed E-state index contributed by atoms with van der Waals surface area (Å²) in [6, 6.07) is 6.75. The first kappa shape index (κ1) is 11.2. The molecule has 1 saturated heterocycles. The highest BCUT2D eigenvalue weighted by Crippen LogP contribution is 2.13. The van der Waals surface area contributed by atoms with E-state index in [2.05, 4.69) is 10.7 Å². The Hall–Kier alpha value is -1.30. The van der Waals surface area contributed by atoms with E-state index in [1.54, 1.807) is 24.3 Å². The van der Waals surface area contributed by atoms with Crippen molar-refractivity contribution in [2.75, 3.05) is 25.2 Å². The van der Waals surface area contributed by atoms with E-state index in [1.807, 2.05) is 0 Å². The number of amides is 2. The van der Waals surface area contributed by atoms with Gasteiger partial charge in [0.05, 0.1) is 13.2 Å². The minimum Gasteiger partial charge on any atom is -0.363 e. The number of halogens is 1. The Kier molecular flexibility index (Phi) is 3.61. The molecular formula is C10H12ClN3O2. The molecule has 2 rings (SSSR count). The molecule has 0 atom stereocenters. The van der Waals surface area contributed by atoms with E-state index in [4.69, 9.17) is 16.3 Å². The molecule has 1 fully saturated rings. The topological polar surface area (TPSA) is 53.6 Å². The third-order valence-electron chi connectivity index (χ3n) is 2.16. The predicted molar refractivity (Wildman–Crippen MR) is 61.1 cm³/mol. The Morgan fingerprint density at radius 3 is 2.81 bits per heavy atom. The van der Waals surface area contributed by atoms with Crippen molar-refractivity contribution in [3.05, 3.63) is 29.3 Å². The molecule has 6 heteroatoms. The molecule has 86 valence electrons. The van der Waals surface area contributed by atoms with E-state index in [1.165, 1.54) is 5.01 Å². The highest BCUT2D eigenvalue weighted by atomic mass is 35.5. The molecule has 0 spiro atoms. The van der Waals surface area contributed by atoms with Gasteiger partial charge >= 0.3 is 6.03 Å². The van der Waals surface area contributed by atoms with Gasteiger partial charge in [-0.1, -0.05) is 11.6 Å². The molecule has 16 heavy (non-hydrogen) atoms. The average Bonchev–Trinajstić information content (AvgIpc) is 2.33. The van der Waals surface area contributed by atoms with Gasteiger partial charge in [0.25, 0.3) is 0 Å². The van der Waals surface area contributed by atoms with E-state index in [-0.39, 0.29) is 6.03 Å². The average molecular weight is 242 g/mol. The highest BCUT2D eigenvalue weighted by Gasteiger charge is 2.15. The molecule has 0 bridgehead atoms. The second-order valence-electron chi connectivity index (χ2n) is 3.30. The second kappa shape index (κ2) is 5.16. The predicted octanol–water partition coefficient (Wildman–Crippen LogP) is 1.67. The number of rotatable bonds is 1. The van der Waals surface area contributed by atoms with Crippen LogP contribution >= 0.6 is 11.6 Å². The lowest BCUT2D eigenvalue weighted by Gasteiger charge is -2.27. The first-order chi connectivity index (χ1) is 7.75. The number of nitrogens with zero attached hydrogens (tertiary/aromatic N) is 1. The van der Waals surface area contributed by atoms with Crippen LogP contribution in [0.1, 0.15) is 0 Å². The molecule has 2 N–H and O–H groups in total. The Labute approximate surface area is 98.3 Å².